The molecule has 0 aliphatic heterocycles. The first kappa shape index (κ1) is 19.8. The highest BCUT2D eigenvalue weighted by Crippen LogP contribution is 2.31. The molecule has 0 radical (unpaired) electrons. The predicted molar refractivity (Wildman–Crippen MR) is 103 cm³/mol. The first-order valence-electron chi connectivity index (χ1n) is 7.61. The Kier molecular flexibility index (Phi) is 6.57. The van der Waals surface area contributed by atoms with Crippen LogP contribution in [0, 0.1) is 13.8 Å². The topological polar surface area (TPSA) is 78.4 Å². The summed E-state index contributed by atoms with van der Waals surface area (Å²) >= 11 is 11.7. The molecule has 3 N–H and O–H groups in total. The van der Waals surface area contributed by atoms with Crippen molar-refractivity contribution in [3.05, 3.63) is 52.5 Å². The van der Waals surface area contributed by atoms with Crippen LogP contribution >= 0.6 is 23.2 Å². The van der Waals surface area contributed by atoms with Gasteiger partial charge in [-0.1, -0.05) is 35.4 Å². The van der Waals surface area contributed by atoms with Gasteiger partial charge in [-0.2, -0.15) is 0 Å². The molecule has 136 valence electrons. The minimum absolute atomic E-state index is 0.0382. The van der Waals surface area contributed by atoms with Gasteiger partial charge in [-0.15, -0.1) is 11.6 Å². The van der Waals surface area contributed by atoms with Crippen molar-refractivity contribution in [2.75, 3.05) is 22.5 Å². The number of aryl methyl sites for hydroxylation is 2. The summed E-state index contributed by atoms with van der Waals surface area (Å²) in [5.74, 6) is 0.0382. The number of sulfonamides is 1. The Morgan fingerprint density at radius 2 is 1.88 bits per heavy atom. The summed E-state index contributed by atoms with van der Waals surface area (Å²) < 4.78 is 28.3. The Morgan fingerprint density at radius 3 is 2.52 bits per heavy atom. The minimum atomic E-state index is -3.92. The van der Waals surface area contributed by atoms with Gasteiger partial charge in [0.15, 0.2) is 0 Å². The fraction of sp³-hybridized carbons (Fsp3) is 0.294. The van der Waals surface area contributed by atoms with Crippen molar-refractivity contribution < 1.29 is 13.5 Å². The van der Waals surface area contributed by atoms with Crippen LogP contribution in [0.4, 0.5) is 11.4 Å². The van der Waals surface area contributed by atoms with E-state index >= 15 is 0 Å². The quantitative estimate of drug-likeness (QED) is 0.615. The van der Waals surface area contributed by atoms with Crippen LogP contribution in [0.5, 0.6) is 0 Å². The lowest BCUT2D eigenvalue weighted by molar-refractivity contribution is 0.211. The van der Waals surface area contributed by atoms with E-state index in [-0.39, 0.29) is 22.3 Å². The molecule has 0 bridgehead atoms. The van der Waals surface area contributed by atoms with E-state index in [4.69, 9.17) is 23.2 Å². The summed E-state index contributed by atoms with van der Waals surface area (Å²) in [5.41, 5.74) is 2.63. The molecule has 2 rings (SSSR count). The van der Waals surface area contributed by atoms with Crippen LogP contribution < -0.4 is 10.0 Å². The minimum Gasteiger partial charge on any atom is -0.390 e. The number of halogens is 2. The Labute approximate surface area is 158 Å². The maximum absolute atomic E-state index is 12.9. The molecule has 0 saturated heterocycles. The highest BCUT2D eigenvalue weighted by Gasteiger charge is 2.23. The fourth-order valence-corrected chi connectivity index (χ4v) is 4.29. The Balaban J connectivity index is 2.38. The number of aliphatic hydroxyl groups is 1. The third kappa shape index (κ3) is 5.01. The van der Waals surface area contributed by atoms with Crippen LogP contribution in [0.25, 0.3) is 0 Å². The Bertz CT molecular complexity index is 857. The maximum Gasteiger partial charge on any atom is 0.265 e. The number of benzene rings is 2. The van der Waals surface area contributed by atoms with E-state index in [1.165, 1.54) is 6.07 Å². The Morgan fingerprint density at radius 1 is 1.16 bits per heavy atom. The highest BCUT2D eigenvalue weighted by molar-refractivity contribution is 7.93. The molecular weight excluding hydrogens is 383 g/mol. The molecular formula is C17H20Cl2N2O3S. The third-order valence-electron chi connectivity index (χ3n) is 3.57. The summed E-state index contributed by atoms with van der Waals surface area (Å²) in [6.45, 7) is 3.87. The molecule has 0 saturated carbocycles. The lowest BCUT2D eigenvalue weighted by Crippen LogP contribution is -2.23. The molecule has 2 aromatic carbocycles. The molecule has 0 heterocycles. The van der Waals surface area contributed by atoms with Crippen LogP contribution in [-0.2, 0) is 10.0 Å². The first-order chi connectivity index (χ1) is 11.7. The van der Waals surface area contributed by atoms with Crippen LogP contribution in [0.1, 0.15) is 11.1 Å². The van der Waals surface area contributed by atoms with E-state index in [0.29, 0.717) is 11.4 Å². The molecule has 8 heteroatoms. The lowest BCUT2D eigenvalue weighted by Gasteiger charge is -2.17. The van der Waals surface area contributed by atoms with Crippen LogP contribution in [0.2, 0.25) is 5.02 Å². The zero-order valence-electron chi connectivity index (χ0n) is 13.9. The number of nitrogens with one attached hydrogen (secondary N) is 2. The molecule has 0 fully saturated rings. The zero-order chi connectivity index (χ0) is 18.6. The van der Waals surface area contributed by atoms with Gasteiger partial charge in [0.05, 0.1) is 28.4 Å². The average molecular weight is 403 g/mol. The van der Waals surface area contributed by atoms with Crippen molar-refractivity contribution in [1.29, 1.82) is 0 Å². The summed E-state index contributed by atoms with van der Waals surface area (Å²) in [5, 5.41) is 12.6. The van der Waals surface area contributed by atoms with Gasteiger partial charge in [0.25, 0.3) is 10.0 Å². The van der Waals surface area contributed by atoms with Gasteiger partial charge < -0.3 is 10.4 Å². The first-order valence-corrected chi connectivity index (χ1v) is 10.0. The molecule has 0 aromatic heterocycles. The van der Waals surface area contributed by atoms with Gasteiger partial charge in [0, 0.05) is 6.54 Å². The van der Waals surface area contributed by atoms with Crippen LogP contribution in [0.15, 0.2) is 41.3 Å². The monoisotopic (exact) mass is 402 g/mol. The zero-order valence-corrected chi connectivity index (χ0v) is 16.2. The number of alkyl halides is 1. The van der Waals surface area contributed by atoms with Crippen molar-refractivity contribution in [3.63, 3.8) is 0 Å². The smallest absolute Gasteiger partial charge is 0.265 e. The number of hydrogen-bond donors (Lipinski definition) is 3. The van der Waals surface area contributed by atoms with E-state index in [0.717, 1.165) is 11.1 Å². The average Bonchev–Trinajstić information content (AvgIpc) is 2.54. The third-order valence-corrected chi connectivity index (χ3v) is 5.82. The fourth-order valence-electron chi connectivity index (χ4n) is 2.33. The van der Waals surface area contributed by atoms with Crippen molar-refractivity contribution >= 4 is 44.6 Å². The normalized spacial score (nSPS) is 12.7. The van der Waals surface area contributed by atoms with Crippen LogP contribution in [-0.4, -0.2) is 32.1 Å². The second-order valence-electron chi connectivity index (χ2n) is 5.73. The molecule has 25 heavy (non-hydrogen) atoms. The summed E-state index contributed by atoms with van der Waals surface area (Å²) in [4.78, 5) is -0.0709. The number of anilines is 2. The molecule has 0 spiro atoms. The van der Waals surface area contributed by atoms with Gasteiger partial charge in [-0.3, -0.25) is 4.72 Å². The van der Waals surface area contributed by atoms with Gasteiger partial charge in [-0.25, -0.2) is 8.42 Å². The standard InChI is InChI=1S/C17H20Cl2N2O3S/c1-11-6-7-15(12(2)8-11)21-25(23,24)17-14(19)4-3-5-16(17)20-10-13(22)9-18/h3-8,13,20-22H,9-10H2,1-2H3. The molecule has 0 aliphatic carbocycles. The van der Waals surface area contributed by atoms with E-state index in [1.807, 2.05) is 26.0 Å². The lowest BCUT2D eigenvalue weighted by atomic mass is 10.1. The van der Waals surface area contributed by atoms with E-state index in [2.05, 4.69) is 10.0 Å². The van der Waals surface area contributed by atoms with Gasteiger partial charge >= 0.3 is 0 Å². The predicted octanol–water partition coefficient (Wildman–Crippen LogP) is 3.77. The van der Waals surface area contributed by atoms with Gasteiger partial charge in [-0.05, 0) is 37.6 Å². The van der Waals surface area contributed by atoms with Crippen molar-refractivity contribution in [1.82, 2.24) is 0 Å². The van der Waals surface area contributed by atoms with Crippen molar-refractivity contribution in [2.45, 2.75) is 24.8 Å². The number of hydrogen-bond acceptors (Lipinski definition) is 4. The molecule has 5 nitrogen and oxygen atoms in total. The summed E-state index contributed by atoms with van der Waals surface area (Å²) in [6, 6.07) is 10.1. The maximum atomic E-state index is 12.9. The summed E-state index contributed by atoms with van der Waals surface area (Å²) in [7, 11) is -3.92. The molecule has 1 atom stereocenters. The molecule has 1 unspecified atom stereocenters. The largest absolute Gasteiger partial charge is 0.390 e. The van der Waals surface area contributed by atoms with Crippen LogP contribution in [0.3, 0.4) is 0 Å². The van der Waals surface area contributed by atoms with Crippen molar-refractivity contribution in [2.24, 2.45) is 0 Å². The molecule has 0 aliphatic rings. The van der Waals surface area contributed by atoms with E-state index in [9.17, 15) is 13.5 Å². The SMILES string of the molecule is Cc1ccc(NS(=O)(=O)c2c(Cl)cccc2NCC(O)CCl)c(C)c1. The van der Waals surface area contributed by atoms with E-state index < -0.39 is 16.1 Å². The van der Waals surface area contributed by atoms with Gasteiger partial charge in [0.1, 0.15) is 4.90 Å². The molecule has 2 aromatic rings. The highest BCUT2D eigenvalue weighted by atomic mass is 35.5. The second kappa shape index (κ2) is 8.27. The number of rotatable bonds is 7. The molecule has 0 amide bonds. The van der Waals surface area contributed by atoms with Crippen molar-refractivity contribution in [3.8, 4) is 0 Å². The van der Waals surface area contributed by atoms with Gasteiger partial charge in [0.2, 0.25) is 0 Å². The Hall–Kier alpha value is -1.47. The second-order valence-corrected chi connectivity index (χ2v) is 8.06. The summed E-state index contributed by atoms with van der Waals surface area (Å²) in [6.07, 6.45) is -0.802. The van der Waals surface area contributed by atoms with E-state index in [1.54, 1.807) is 18.2 Å². The number of aliphatic hydroxyl groups excluding tert-OH is 1.